The molecule has 1 aliphatic heterocycles. The molecule has 0 spiro atoms. The largest absolute Gasteiger partial charge is 0.377 e. The summed E-state index contributed by atoms with van der Waals surface area (Å²) < 4.78 is 0. The van der Waals surface area contributed by atoms with Crippen LogP contribution in [-0.4, -0.2) is 17.6 Å². The molecule has 88 valence electrons. The van der Waals surface area contributed by atoms with E-state index in [1.807, 2.05) is 6.20 Å². The molecule has 0 fully saturated rings. The Morgan fingerprint density at radius 2 is 2.06 bits per heavy atom. The van der Waals surface area contributed by atoms with E-state index in [2.05, 4.69) is 49.4 Å². The zero-order valence-electron chi connectivity index (χ0n) is 10.5. The van der Waals surface area contributed by atoms with Crippen molar-refractivity contribution in [3.05, 3.63) is 17.8 Å². The number of hydrogen-bond acceptors (Lipinski definition) is 3. The molecule has 1 aromatic rings. The van der Waals surface area contributed by atoms with Crippen molar-refractivity contribution in [2.24, 2.45) is 5.92 Å². The molecule has 0 amide bonds. The van der Waals surface area contributed by atoms with Gasteiger partial charge >= 0.3 is 0 Å². The number of aromatic nitrogens is 1. The summed E-state index contributed by atoms with van der Waals surface area (Å²) in [6.07, 6.45) is 1.89. The van der Waals surface area contributed by atoms with Gasteiger partial charge in [0.25, 0.3) is 0 Å². The molecule has 3 nitrogen and oxygen atoms in total. The van der Waals surface area contributed by atoms with Crippen molar-refractivity contribution in [1.82, 2.24) is 4.98 Å². The number of hydrogen-bond donors (Lipinski definition) is 2. The van der Waals surface area contributed by atoms with E-state index in [4.69, 9.17) is 0 Å². The molecule has 1 unspecified atom stereocenters. The first-order chi connectivity index (χ1) is 7.59. The van der Waals surface area contributed by atoms with Crippen molar-refractivity contribution in [2.45, 2.75) is 39.7 Å². The highest BCUT2D eigenvalue weighted by molar-refractivity contribution is 5.71. The molecule has 16 heavy (non-hydrogen) atoms. The van der Waals surface area contributed by atoms with Crippen molar-refractivity contribution in [1.29, 1.82) is 0 Å². The minimum atomic E-state index is 0.495. The molecule has 3 heteroatoms. The van der Waals surface area contributed by atoms with Crippen LogP contribution in [0.1, 0.15) is 39.2 Å². The highest BCUT2D eigenvalue weighted by atomic mass is 15.1. The molecule has 1 aliphatic rings. The summed E-state index contributed by atoms with van der Waals surface area (Å²) >= 11 is 0. The Kier molecular flexibility index (Phi) is 3.03. The maximum Gasteiger partial charge on any atom is 0.149 e. The van der Waals surface area contributed by atoms with Gasteiger partial charge in [-0.15, -0.1) is 0 Å². The third-order valence-electron chi connectivity index (χ3n) is 3.23. The van der Waals surface area contributed by atoms with Crippen LogP contribution in [0.5, 0.6) is 0 Å². The second-order valence-corrected chi connectivity index (χ2v) is 5.15. The number of rotatable bonds is 2. The fourth-order valence-corrected chi connectivity index (χ4v) is 2.09. The van der Waals surface area contributed by atoms with Gasteiger partial charge in [-0.2, -0.15) is 0 Å². The maximum atomic E-state index is 4.38. The van der Waals surface area contributed by atoms with Crippen molar-refractivity contribution >= 4 is 11.5 Å². The minimum absolute atomic E-state index is 0.495. The number of fused-ring (bicyclic) bond motifs is 1. The minimum Gasteiger partial charge on any atom is -0.377 e. The predicted molar refractivity (Wildman–Crippen MR) is 69.1 cm³/mol. The topological polar surface area (TPSA) is 37.0 Å². The van der Waals surface area contributed by atoms with E-state index >= 15 is 0 Å². The Bertz CT molecular complexity index is 371. The van der Waals surface area contributed by atoms with Crippen molar-refractivity contribution in [3.8, 4) is 0 Å². The molecular weight excluding hydrogens is 198 g/mol. The van der Waals surface area contributed by atoms with E-state index < -0.39 is 0 Å². The van der Waals surface area contributed by atoms with Crippen molar-refractivity contribution < 1.29 is 0 Å². The summed E-state index contributed by atoms with van der Waals surface area (Å²) in [5.41, 5.74) is 2.55. The highest BCUT2D eigenvalue weighted by Crippen LogP contribution is 2.33. The van der Waals surface area contributed by atoms with Crippen LogP contribution in [0, 0.1) is 5.92 Å². The zero-order chi connectivity index (χ0) is 11.7. The lowest BCUT2D eigenvalue weighted by Crippen LogP contribution is -2.38. The van der Waals surface area contributed by atoms with Gasteiger partial charge in [-0.3, -0.25) is 0 Å². The van der Waals surface area contributed by atoms with E-state index in [-0.39, 0.29) is 0 Å². The lowest BCUT2D eigenvalue weighted by atomic mass is 9.97. The van der Waals surface area contributed by atoms with E-state index in [9.17, 15) is 0 Å². The number of nitrogens with zero attached hydrogens (tertiary/aromatic N) is 1. The van der Waals surface area contributed by atoms with Gasteiger partial charge in [-0.05, 0) is 23.5 Å². The van der Waals surface area contributed by atoms with Gasteiger partial charge in [-0.1, -0.05) is 27.7 Å². The van der Waals surface area contributed by atoms with Crippen molar-refractivity contribution in [3.63, 3.8) is 0 Å². The number of pyridine rings is 1. The molecule has 1 atom stereocenters. The Hall–Kier alpha value is -1.25. The van der Waals surface area contributed by atoms with Crippen LogP contribution < -0.4 is 10.6 Å². The third kappa shape index (κ3) is 1.99. The standard InChI is InChI=1S/C13H21N3/c1-8(2)10-5-6-14-13-12(10)16-11(7-15-13)9(3)4/h5-6,8-9,11,16H,7H2,1-4H3,(H,14,15). The van der Waals surface area contributed by atoms with Crippen LogP contribution in [0.3, 0.4) is 0 Å². The smallest absolute Gasteiger partial charge is 0.149 e. The summed E-state index contributed by atoms with van der Waals surface area (Å²) in [4.78, 5) is 4.38. The van der Waals surface area contributed by atoms with Crippen molar-refractivity contribution in [2.75, 3.05) is 17.2 Å². The summed E-state index contributed by atoms with van der Waals surface area (Å²) in [6.45, 7) is 9.89. The lowest BCUT2D eigenvalue weighted by Gasteiger charge is -2.32. The average molecular weight is 219 g/mol. The Morgan fingerprint density at radius 1 is 1.31 bits per heavy atom. The second kappa shape index (κ2) is 4.32. The molecule has 0 saturated heterocycles. The van der Waals surface area contributed by atoms with Crippen LogP contribution >= 0.6 is 0 Å². The predicted octanol–water partition coefficient (Wildman–Crippen LogP) is 3.07. The van der Waals surface area contributed by atoms with E-state index in [0.29, 0.717) is 17.9 Å². The molecule has 2 N–H and O–H groups in total. The zero-order valence-corrected chi connectivity index (χ0v) is 10.5. The molecule has 0 bridgehead atoms. The first-order valence-corrected chi connectivity index (χ1v) is 6.09. The quantitative estimate of drug-likeness (QED) is 0.802. The van der Waals surface area contributed by atoms with Gasteiger partial charge in [0.15, 0.2) is 0 Å². The van der Waals surface area contributed by atoms with Crippen LogP contribution in [0.15, 0.2) is 12.3 Å². The average Bonchev–Trinajstić information content (AvgIpc) is 2.27. The summed E-state index contributed by atoms with van der Waals surface area (Å²) in [5, 5.41) is 7.04. The van der Waals surface area contributed by atoms with Gasteiger partial charge in [-0.25, -0.2) is 4.98 Å². The molecule has 1 aromatic heterocycles. The fourth-order valence-electron chi connectivity index (χ4n) is 2.09. The van der Waals surface area contributed by atoms with Gasteiger partial charge in [0.05, 0.1) is 5.69 Å². The lowest BCUT2D eigenvalue weighted by molar-refractivity contribution is 0.534. The van der Waals surface area contributed by atoms with Crippen LogP contribution in [0.25, 0.3) is 0 Å². The van der Waals surface area contributed by atoms with E-state index in [1.54, 1.807) is 0 Å². The van der Waals surface area contributed by atoms with E-state index in [1.165, 1.54) is 11.3 Å². The number of nitrogens with one attached hydrogen (secondary N) is 2. The summed E-state index contributed by atoms with van der Waals surface area (Å²) in [7, 11) is 0. The molecule has 0 radical (unpaired) electrons. The Morgan fingerprint density at radius 3 is 2.69 bits per heavy atom. The fraction of sp³-hybridized carbons (Fsp3) is 0.615. The molecule has 0 aromatic carbocycles. The van der Waals surface area contributed by atoms with Crippen LogP contribution in [0.2, 0.25) is 0 Å². The normalized spacial score (nSPS) is 19.2. The molecule has 0 saturated carbocycles. The maximum absolute atomic E-state index is 4.38. The third-order valence-corrected chi connectivity index (χ3v) is 3.23. The first kappa shape index (κ1) is 11.2. The van der Waals surface area contributed by atoms with Gasteiger partial charge < -0.3 is 10.6 Å². The molecule has 2 rings (SSSR count). The van der Waals surface area contributed by atoms with Crippen LogP contribution in [0.4, 0.5) is 11.5 Å². The Labute approximate surface area is 97.7 Å². The van der Waals surface area contributed by atoms with Gasteiger partial charge in [0.2, 0.25) is 0 Å². The monoisotopic (exact) mass is 219 g/mol. The second-order valence-electron chi connectivity index (χ2n) is 5.15. The molecular formula is C13H21N3. The highest BCUT2D eigenvalue weighted by Gasteiger charge is 2.23. The number of anilines is 2. The summed E-state index contributed by atoms with van der Waals surface area (Å²) in [6, 6.07) is 2.61. The van der Waals surface area contributed by atoms with E-state index in [0.717, 1.165) is 12.4 Å². The van der Waals surface area contributed by atoms with Gasteiger partial charge in [0.1, 0.15) is 5.82 Å². The van der Waals surface area contributed by atoms with Gasteiger partial charge in [0, 0.05) is 18.8 Å². The molecule has 2 heterocycles. The SMILES string of the molecule is CC(C)c1ccnc2c1NC(C(C)C)CN2. The first-order valence-electron chi connectivity index (χ1n) is 6.09. The Balaban J connectivity index is 2.34. The molecule has 0 aliphatic carbocycles. The summed E-state index contributed by atoms with van der Waals surface area (Å²) in [5.74, 6) is 2.15. The van der Waals surface area contributed by atoms with Crippen LogP contribution in [-0.2, 0) is 0 Å².